The van der Waals surface area contributed by atoms with Gasteiger partial charge in [-0.3, -0.25) is 0 Å². The molecule has 5 aromatic rings. The molecule has 0 unspecified atom stereocenters. The summed E-state index contributed by atoms with van der Waals surface area (Å²) in [5.41, 5.74) is 0. The summed E-state index contributed by atoms with van der Waals surface area (Å²) in [5, 5.41) is 10.6. The van der Waals surface area contributed by atoms with Crippen LogP contribution in [-0.4, -0.2) is 0 Å². The molecule has 0 heterocycles. The van der Waals surface area contributed by atoms with Crippen LogP contribution in [0.2, 0.25) is 0 Å². The molecule has 0 radical (unpaired) electrons. The van der Waals surface area contributed by atoms with Gasteiger partial charge in [0.05, 0.1) is 0 Å². The summed E-state index contributed by atoms with van der Waals surface area (Å²) >= 11 is 0. The van der Waals surface area contributed by atoms with Crippen LogP contribution in [0.3, 0.4) is 0 Å². The van der Waals surface area contributed by atoms with Crippen LogP contribution in [0.15, 0.2) is 66.7 Å². The summed E-state index contributed by atoms with van der Waals surface area (Å²) < 4.78 is 0. The van der Waals surface area contributed by atoms with Gasteiger partial charge in [-0.2, -0.15) is 0 Å². The molecule has 0 aromatic heterocycles. The number of hydrogen-bond acceptors (Lipinski definition) is 0. The Balaban J connectivity index is 0.00000115. The van der Waals surface area contributed by atoms with Gasteiger partial charge in [-0.05, 0) is 21.5 Å². The fraction of sp³-hybridized carbons (Fsp3) is 0. The molecule has 0 saturated heterocycles. The summed E-state index contributed by atoms with van der Waals surface area (Å²) in [4.78, 5) is 0. The minimum Gasteiger partial charge on any atom is -0.146 e. The number of rotatable bonds is 0. The van der Waals surface area contributed by atoms with Gasteiger partial charge in [0.15, 0.2) is 0 Å². The van der Waals surface area contributed by atoms with Crippen molar-refractivity contribution in [1.82, 2.24) is 0 Å². The van der Waals surface area contributed by atoms with E-state index in [0.717, 1.165) is 0 Å². The molecule has 92 valence electrons. The third kappa shape index (κ3) is 1.58. The Morgan fingerprint density at radius 1 is 0.571 bits per heavy atom. The normalized spacial score (nSPS) is 11.4. The Morgan fingerprint density at radius 2 is 1.14 bits per heavy atom. The van der Waals surface area contributed by atoms with Crippen molar-refractivity contribution in [2.24, 2.45) is 0 Å². The van der Waals surface area contributed by atoms with Gasteiger partial charge >= 0.3 is 18.9 Å². The van der Waals surface area contributed by atoms with Crippen molar-refractivity contribution in [3.8, 4) is 0 Å². The predicted molar refractivity (Wildman–Crippen MR) is 86.5 cm³/mol. The van der Waals surface area contributed by atoms with E-state index in [1.165, 1.54) is 43.1 Å². The summed E-state index contributed by atoms with van der Waals surface area (Å²) in [6, 6.07) is 27.3. The van der Waals surface area contributed by atoms with Crippen LogP contribution in [-0.2, 0) is 0 Å². The summed E-state index contributed by atoms with van der Waals surface area (Å²) in [6.45, 7) is 0. The summed E-state index contributed by atoms with van der Waals surface area (Å²) in [6.07, 6.45) is 0. The second-order valence-corrected chi connectivity index (χ2v) is 5.33. The molecule has 0 N–H and O–H groups in total. The van der Waals surface area contributed by atoms with Gasteiger partial charge in [0.25, 0.3) is 0 Å². The molecule has 0 saturated carbocycles. The van der Waals surface area contributed by atoms with E-state index in [-0.39, 0.29) is 18.9 Å². The third-order valence-corrected chi connectivity index (χ3v) is 4.31. The van der Waals surface area contributed by atoms with E-state index in [0.29, 0.717) is 0 Å². The molecule has 0 amide bonds. The molecular formula is C20H11Li. The Hall–Kier alpha value is -2.00. The van der Waals surface area contributed by atoms with Crippen molar-refractivity contribution >= 4 is 43.1 Å². The van der Waals surface area contributed by atoms with Gasteiger partial charge in [-0.25, -0.2) is 0 Å². The SMILES string of the molecule is [Li+].[c-]1ccc2c3cccc4cccc(c5cccc1c25)c43. The number of fused-ring (bicyclic) bond motifs is 2. The van der Waals surface area contributed by atoms with E-state index >= 15 is 0 Å². The van der Waals surface area contributed by atoms with Crippen LogP contribution in [0.5, 0.6) is 0 Å². The smallest absolute Gasteiger partial charge is 0.146 e. The average molecular weight is 258 g/mol. The van der Waals surface area contributed by atoms with Crippen molar-refractivity contribution in [1.29, 1.82) is 0 Å². The molecule has 21 heavy (non-hydrogen) atoms. The van der Waals surface area contributed by atoms with Gasteiger partial charge in [0.2, 0.25) is 0 Å². The molecule has 1 heteroatoms. The molecule has 0 bridgehead atoms. The van der Waals surface area contributed by atoms with Crippen molar-refractivity contribution in [2.75, 3.05) is 0 Å². The van der Waals surface area contributed by atoms with Gasteiger partial charge in [0.1, 0.15) is 0 Å². The van der Waals surface area contributed by atoms with Gasteiger partial charge in [-0.15, -0.1) is 35.7 Å². The molecule has 0 aliphatic carbocycles. The molecule has 5 rings (SSSR count). The Bertz CT molecular complexity index is 923. The number of hydrogen-bond donors (Lipinski definition) is 0. The van der Waals surface area contributed by atoms with E-state index in [2.05, 4.69) is 66.7 Å². The van der Waals surface area contributed by atoms with Crippen LogP contribution in [0.25, 0.3) is 43.1 Å². The molecular weight excluding hydrogens is 247 g/mol. The van der Waals surface area contributed by atoms with E-state index < -0.39 is 0 Å². The van der Waals surface area contributed by atoms with E-state index in [4.69, 9.17) is 0 Å². The van der Waals surface area contributed by atoms with Gasteiger partial charge in [0, 0.05) is 0 Å². The van der Waals surface area contributed by atoms with Crippen molar-refractivity contribution in [3.05, 3.63) is 72.8 Å². The number of benzene rings is 5. The van der Waals surface area contributed by atoms with Crippen LogP contribution >= 0.6 is 0 Å². The molecule has 0 nitrogen and oxygen atoms in total. The molecule has 0 fully saturated rings. The average Bonchev–Trinajstić information content (AvgIpc) is 2.52. The Labute approximate surface area is 134 Å². The molecule has 0 aliphatic heterocycles. The maximum atomic E-state index is 3.36. The fourth-order valence-electron chi connectivity index (χ4n) is 3.50. The van der Waals surface area contributed by atoms with Crippen molar-refractivity contribution < 1.29 is 18.9 Å². The predicted octanol–water partition coefficient (Wildman–Crippen LogP) is 2.54. The zero-order valence-electron chi connectivity index (χ0n) is 11.9. The third-order valence-electron chi connectivity index (χ3n) is 4.31. The maximum absolute atomic E-state index is 3.36. The zero-order valence-corrected chi connectivity index (χ0v) is 11.9. The first-order valence-corrected chi connectivity index (χ1v) is 6.89. The minimum atomic E-state index is 0. The van der Waals surface area contributed by atoms with E-state index in [1.54, 1.807) is 0 Å². The van der Waals surface area contributed by atoms with Crippen LogP contribution in [0.4, 0.5) is 0 Å². The zero-order chi connectivity index (χ0) is 13.1. The monoisotopic (exact) mass is 258 g/mol. The summed E-state index contributed by atoms with van der Waals surface area (Å²) in [7, 11) is 0. The molecule has 0 aliphatic rings. The van der Waals surface area contributed by atoms with E-state index in [1.807, 2.05) is 6.07 Å². The van der Waals surface area contributed by atoms with Crippen LogP contribution < -0.4 is 18.9 Å². The van der Waals surface area contributed by atoms with Crippen LogP contribution in [0, 0.1) is 6.07 Å². The first kappa shape index (κ1) is 12.7. The second kappa shape index (κ2) is 4.50. The Kier molecular flexibility index (Phi) is 2.72. The van der Waals surface area contributed by atoms with Crippen molar-refractivity contribution in [2.45, 2.75) is 0 Å². The first-order valence-electron chi connectivity index (χ1n) is 6.89. The standard InChI is InChI=1S/C20H11.Li/c1-5-13-6-2-11-17-18-12-4-8-14-7-3-10-16(20(14)18)15(9-1)19(13)17;/h1-7,9-12H;/q-1;+1. The topological polar surface area (TPSA) is 0 Å². The second-order valence-electron chi connectivity index (χ2n) is 5.33. The maximum Gasteiger partial charge on any atom is 1.00 e. The first-order chi connectivity index (χ1) is 9.93. The largest absolute Gasteiger partial charge is 1.00 e. The quantitative estimate of drug-likeness (QED) is 0.173. The van der Waals surface area contributed by atoms with E-state index in [9.17, 15) is 0 Å². The van der Waals surface area contributed by atoms with Gasteiger partial charge < -0.3 is 0 Å². The molecule has 0 spiro atoms. The summed E-state index contributed by atoms with van der Waals surface area (Å²) in [5.74, 6) is 0. The Morgan fingerprint density at radius 3 is 1.86 bits per heavy atom. The van der Waals surface area contributed by atoms with Crippen molar-refractivity contribution in [3.63, 3.8) is 0 Å². The van der Waals surface area contributed by atoms with Crippen LogP contribution in [0.1, 0.15) is 0 Å². The van der Waals surface area contributed by atoms with Gasteiger partial charge in [-0.1, -0.05) is 58.6 Å². The minimum absolute atomic E-state index is 0. The molecule has 5 aromatic carbocycles. The molecule has 0 atom stereocenters. The fourth-order valence-corrected chi connectivity index (χ4v) is 3.50.